The normalized spacial score (nSPS) is 16.7. The summed E-state index contributed by atoms with van der Waals surface area (Å²) >= 11 is 0. The summed E-state index contributed by atoms with van der Waals surface area (Å²) in [7, 11) is 5.89. The number of rotatable bonds is 6. The maximum atomic E-state index is 11.9. The summed E-state index contributed by atoms with van der Waals surface area (Å²) in [4.78, 5) is 29.3. The van der Waals surface area contributed by atoms with Crippen molar-refractivity contribution < 1.29 is 14.3 Å². The minimum atomic E-state index is -0.288. The van der Waals surface area contributed by atoms with E-state index >= 15 is 0 Å². The molecule has 0 aromatic heterocycles. The van der Waals surface area contributed by atoms with E-state index < -0.39 is 0 Å². The molecular formula is C13H25N3O3. The monoisotopic (exact) mass is 271 g/mol. The highest BCUT2D eigenvalue weighted by Gasteiger charge is 2.19. The van der Waals surface area contributed by atoms with Gasteiger partial charge in [-0.15, -0.1) is 0 Å². The van der Waals surface area contributed by atoms with Crippen LogP contribution in [-0.4, -0.2) is 87.0 Å². The Morgan fingerprint density at radius 2 is 1.74 bits per heavy atom. The molecule has 0 unspecified atom stereocenters. The molecule has 19 heavy (non-hydrogen) atoms. The molecule has 1 amide bonds. The molecule has 1 aliphatic heterocycles. The van der Waals surface area contributed by atoms with Crippen molar-refractivity contribution in [3.8, 4) is 0 Å². The first-order valence-corrected chi connectivity index (χ1v) is 6.75. The van der Waals surface area contributed by atoms with E-state index in [-0.39, 0.29) is 24.7 Å². The van der Waals surface area contributed by atoms with Crippen molar-refractivity contribution >= 4 is 11.9 Å². The fraction of sp³-hybridized carbons (Fsp3) is 0.846. The first kappa shape index (κ1) is 15.9. The molecule has 1 fully saturated rings. The summed E-state index contributed by atoms with van der Waals surface area (Å²) in [5.41, 5.74) is 0. The van der Waals surface area contributed by atoms with Gasteiger partial charge in [0, 0.05) is 39.1 Å². The number of amides is 1. The summed E-state index contributed by atoms with van der Waals surface area (Å²) in [6, 6.07) is 0. The maximum absolute atomic E-state index is 11.9. The Morgan fingerprint density at radius 1 is 1.11 bits per heavy atom. The number of likely N-dealkylation sites (N-methyl/N-ethyl adjacent to an activating group) is 2. The summed E-state index contributed by atoms with van der Waals surface area (Å²) in [6.07, 6.45) is 0.434. The molecular weight excluding hydrogens is 246 g/mol. The molecule has 0 bridgehead atoms. The minimum absolute atomic E-state index is 0.0534. The molecule has 1 aliphatic rings. The second-order valence-corrected chi connectivity index (χ2v) is 5.21. The molecule has 110 valence electrons. The highest BCUT2D eigenvalue weighted by Crippen LogP contribution is 2.04. The third kappa shape index (κ3) is 6.54. The van der Waals surface area contributed by atoms with E-state index in [1.54, 1.807) is 0 Å². The zero-order valence-corrected chi connectivity index (χ0v) is 12.2. The Labute approximate surface area is 115 Å². The third-order valence-corrected chi connectivity index (χ3v) is 3.20. The second-order valence-electron chi connectivity index (χ2n) is 5.21. The van der Waals surface area contributed by atoms with E-state index in [4.69, 9.17) is 4.74 Å². The van der Waals surface area contributed by atoms with Crippen LogP contribution in [0.5, 0.6) is 0 Å². The van der Waals surface area contributed by atoms with Gasteiger partial charge in [0.15, 0.2) is 0 Å². The van der Waals surface area contributed by atoms with Gasteiger partial charge in [-0.05, 0) is 21.1 Å². The lowest BCUT2D eigenvalue weighted by atomic mass is 10.2. The van der Waals surface area contributed by atoms with Crippen LogP contribution in [0.4, 0.5) is 0 Å². The topological polar surface area (TPSA) is 53.1 Å². The molecule has 0 aromatic carbocycles. The Kier molecular flexibility index (Phi) is 6.80. The van der Waals surface area contributed by atoms with Crippen LogP contribution in [0.15, 0.2) is 0 Å². The van der Waals surface area contributed by atoms with E-state index in [1.165, 1.54) is 0 Å². The van der Waals surface area contributed by atoms with E-state index in [9.17, 15) is 9.59 Å². The van der Waals surface area contributed by atoms with Crippen LogP contribution >= 0.6 is 0 Å². The van der Waals surface area contributed by atoms with Crippen LogP contribution < -0.4 is 0 Å². The highest BCUT2D eigenvalue weighted by atomic mass is 16.5. The molecule has 6 nitrogen and oxygen atoms in total. The largest absolute Gasteiger partial charge is 0.464 e. The van der Waals surface area contributed by atoms with E-state index in [0.29, 0.717) is 13.2 Å². The molecule has 0 aliphatic carbocycles. The van der Waals surface area contributed by atoms with Crippen LogP contribution in [0.25, 0.3) is 0 Å². The summed E-state index contributed by atoms with van der Waals surface area (Å²) in [6.45, 7) is 4.40. The number of ether oxygens (including phenoxy) is 1. The van der Waals surface area contributed by atoms with Gasteiger partial charge in [0.05, 0.1) is 6.42 Å². The Morgan fingerprint density at radius 3 is 2.32 bits per heavy atom. The van der Waals surface area contributed by atoms with Crippen molar-refractivity contribution in [3.05, 3.63) is 0 Å². The van der Waals surface area contributed by atoms with Crippen LogP contribution in [-0.2, 0) is 14.3 Å². The summed E-state index contributed by atoms with van der Waals surface area (Å²) in [5.74, 6) is -0.234. The molecule has 1 heterocycles. The number of carbonyl (C=O) groups is 2. The average Bonchev–Trinajstić information content (AvgIpc) is 2.36. The number of hydrogen-bond donors (Lipinski definition) is 0. The molecule has 0 radical (unpaired) electrons. The zero-order valence-electron chi connectivity index (χ0n) is 12.2. The lowest BCUT2D eigenvalue weighted by Gasteiger charge is -2.32. The number of piperazine rings is 1. The highest BCUT2D eigenvalue weighted by molar-refractivity contribution is 5.81. The van der Waals surface area contributed by atoms with Gasteiger partial charge in [-0.3, -0.25) is 9.59 Å². The fourth-order valence-electron chi connectivity index (χ4n) is 1.84. The minimum Gasteiger partial charge on any atom is -0.464 e. The molecule has 1 saturated heterocycles. The third-order valence-electron chi connectivity index (χ3n) is 3.20. The van der Waals surface area contributed by atoms with E-state index in [1.807, 2.05) is 30.9 Å². The average molecular weight is 271 g/mol. The van der Waals surface area contributed by atoms with Crippen molar-refractivity contribution in [2.75, 3.05) is 60.5 Å². The summed E-state index contributed by atoms with van der Waals surface area (Å²) < 4.78 is 5.05. The Hall–Kier alpha value is -1.14. The lowest BCUT2D eigenvalue weighted by Crippen LogP contribution is -2.47. The fourth-order valence-corrected chi connectivity index (χ4v) is 1.84. The van der Waals surface area contributed by atoms with Gasteiger partial charge in [0.25, 0.3) is 0 Å². The Balaban J connectivity index is 2.14. The Bertz CT molecular complexity index is 300. The molecule has 0 saturated carbocycles. The summed E-state index contributed by atoms with van der Waals surface area (Å²) in [5, 5.41) is 0. The maximum Gasteiger partial charge on any atom is 0.306 e. The van der Waals surface area contributed by atoms with Gasteiger partial charge in [-0.1, -0.05) is 0 Å². The standard InChI is InChI=1S/C13H25N3O3/c1-14(2)10-11-19-13(18)5-4-12(17)16-8-6-15(3)7-9-16/h4-11H2,1-3H3. The smallest absolute Gasteiger partial charge is 0.306 e. The van der Waals surface area contributed by atoms with Gasteiger partial charge in [0.2, 0.25) is 5.91 Å². The van der Waals surface area contributed by atoms with Crippen LogP contribution in [0.1, 0.15) is 12.8 Å². The van der Waals surface area contributed by atoms with Gasteiger partial charge in [-0.25, -0.2) is 0 Å². The second kappa shape index (κ2) is 8.12. The predicted molar refractivity (Wildman–Crippen MR) is 72.8 cm³/mol. The molecule has 0 aromatic rings. The molecule has 0 spiro atoms. The first-order valence-electron chi connectivity index (χ1n) is 6.75. The quantitative estimate of drug-likeness (QED) is 0.618. The number of esters is 1. The van der Waals surface area contributed by atoms with Crippen molar-refractivity contribution in [3.63, 3.8) is 0 Å². The van der Waals surface area contributed by atoms with Crippen LogP contribution in [0.3, 0.4) is 0 Å². The van der Waals surface area contributed by atoms with E-state index in [0.717, 1.165) is 26.2 Å². The van der Waals surface area contributed by atoms with Gasteiger partial charge >= 0.3 is 5.97 Å². The van der Waals surface area contributed by atoms with Gasteiger partial charge in [0.1, 0.15) is 6.61 Å². The molecule has 1 rings (SSSR count). The molecule has 0 N–H and O–H groups in total. The first-order chi connectivity index (χ1) is 8.99. The van der Waals surface area contributed by atoms with Gasteiger partial charge < -0.3 is 19.4 Å². The molecule has 0 atom stereocenters. The number of nitrogens with zero attached hydrogens (tertiary/aromatic N) is 3. The van der Waals surface area contributed by atoms with Crippen molar-refractivity contribution in [1.29, 1.82) is 0 Å². The SMILES string of the molecule is CN(C)CCOC(=O)CCC(=O)N1CCN(C)CC1. The van der Waals surface area contributed by atoms with E-state index in [2.05, 4.69) is 4.90 Å². The lowest BCUT2D eigenvalue weighted by molar-refractivity contribution is -0.146. The number of hydrogen-bond acceptors (Lipinski definition) is 5. The van der Waals surface area contributed by atoms with Gasteiger partial charge in [-0.2, -0.15) is 0 Å². The molecule has 6 heteroatoms. The van der Waals surface area contributed by atoms with Crippen molar-refractivity contribution in [2.45, 2.75) is 12.8 Å². The van der Waals surface area contributed by atoms with Crippen LogP contribution in [0.2, 0.25) is 0 Å². The number of carbonyl (C=O) groups excluding carboxylic acids is 2. The van der Waals surface area contributed by atoms with Crippen LogP contribution in [0, 0.1) is 0 Å². The van der Waals surface area contributed by atoms with Crippen molar-refractivity contribution in [1.82, 2.24) is 14.7 Å². The predicted octanol–water partition coefficient (Wildman–Crippen LogP) is -0.355. The van der Waals surface area contributed by atoms with Crippen molar-refractivity contribution in [2.24, 2.45) is 0 Å². The zero-order chi connectivity index (χ0) is 14.3.